The highest BCUT2D eigenvalue weighted by Gasteiger charge is 2.25. The molecule has 1 unspecified atom stereocenters. The van der Waals surface area contributed by atoms with Gasteiger partial charge in [-0.25, -0.2) is 9.97 Å². The first kappa shape index (κ1) is 13.6. The van der Waals surface area contributed by atoms with Crippen LogP contribution in [0.1, 0.15) is 45.4 Å². The Morgan fingerprint density at radius 2 is 2.25 bits per heavy atom. The summed E-state index contributed by atoms with van der Waals surface area (Å²) in [5.74, 6) is 1.55. The maximum absolute atomic E-state index is 5.64. The van der Waals surface area contributed by atoms with Crippen LogP contribution in [-0.2, 0) is 11.3 Å². The number of nitrogens with zero attached hydrogens (tertiary/aromatic N) is 3. The highest BCUT2D eigenvalue weighted by Crippen LogP contribution is 2.30. The minimum absolute atomic E-state index is 0.204. The fourth-order valence-electron chi connectivity index (χ4n) is 2.86. The standard InChI is InChI=1S/C16H23N3O/c1-16(2,3)11-19-14(12-6-5-9-20-10-12)18-13-7-4-8-17-15(13)19/h4,7-8,12H,5-6,9-11H2,1-3H3. The van der Waals surface area contributed by atoms with E-state index in [4.69, 9.17) is 9.72 Å². The van der Waals surface area contributed by atoms with Gasteiger partial charge in [0.1, 0.15) is 11.3 Å². The summed E-state index contributed by atoms with van der Waals surface area (Å²) in [4.78, 5) is 9.38. The van der Waals surface area contributed by atoms with E-state index in [9.17, 15) is 0 Å². The Labute approximate surface area is 120 Å². The first-order valence-corrected chi connectivity index (χ1v) is 7.43. The van der Waals surface area contributed by atoms with Crippen molar-refractivity contribution < 1.29 is 4.74 Å². The van der Waals surface area contributed by atoms with E-state index in [-0.39, 0.29) is 5.41 Å². The molecule has 1 aliphatic heterocycles. The lowest BCUT2D eigenvalue weighted by molar-refractivity contribution is 0.0766. The molecule has 0 radical (unpaired) electrons. The molecule has 1 atom stereocenters. The van der Waals surface area contributed by atoms with Gasteiger partial charge in [0.2, 0.25) is 0 Å². The molecule has 0 saturated carbocycles. The molecule has 1 aliphatic rings. The van der Waals surface area contributed by atoms with E-state index in [1.807, 2.05) is 12.3 Å². The third-order valence-electron chi connectivity index (χ3n) is 3.69. The van der Waals surface area contributed by atoms with Crippen molar-refractivity contribution in [3.63, 3.8) is 0 Å². The minimum Gasteiger partial charge on any atom is -0.381 e. The zero-order chi connectivity index (χ0) is 14.2. The van der Waals surface area contributed by atoms with E-state index in [1.165, 1.54) is 0 Å². The van der Waals surface area contributed by atoms with Gasteiger partial charge in [-0.15, -0.1) is 0 Å². The fourth-order valence-corrected chi connectivity index (χ4v) is 2.86. The molecular weight excluding hydrogens is 250 g/mol. The molecule has 4 heteroatoms. The molecule has 2 aromatic heterocycles. The molecule has 0 aliphatic carbocycles. The molecular formula is C16H23N3O. The number of rotatable bonds is 2. The third kappa shape index (κ3) is 2.70. The van der Waals surface area contributed by atoms with Gasteiger partial charge in [-0.3, -0.25) is 0 Å². The van der Waals surface area contributed by atoms with Crippen molar-refractivity contribution in [2.75, 3.05) is 13.2 Å². The average Bonchev–Trinajstić information content (AvgIpc) is 2.77. The molecule has 0 N–H and O–H groups in total. The molecule has 3 heterocycles. The lowest BCUT2D eigenvalue weighted by atomic mass is 9.95. The Morgan fingerprint density at radius 1 is 1.40 bits per heavy atom. The Balaban J connectivity index is 2.06. The van der Waals surface area contributed by atoms with Crippen LogP contribution in [0.5, 0.6) is 0 Å². The number of pyridine rings is 1. The zero-order valence-corrected chi connectivity index (χ0v) is 12.6. The van der Waals surface area contributed by atoms with Crippen LogP contribution >= 0.6 is 0 Å². The first-order chi connectivity index (χ1) is 9.54. The summed E-state index contributed by atoms with van der Waals surface area (Å²) in [6.07, 6.45) is 4.13. The van der Waals surface area contributed by atoms with Crippen LogP contribution in [0.15, 0.2) is 18.3 Å². The molecule has 0 bridgehead atoms. The van der Waals surface area contributed by atoms with Crippen molar-refractivity contribution in [2.45, 2.75) is 46.1 Å². The van der Waals surface area contributed by atoms with Crippen LogP contribution < -0.4 is 0 Å². The SMILES string of the molecule is CC(C)(C)Cn1c(C2CCCOC2)nc2cccnc21. The summed E-state index contributed by atoms with van der Waals surface area (Å²) in [7, 11) is 0. The zero-order valence-electron chi connectivity index (χ0n) is 12.6. The van der Waals surface area contributed by atoms with Gasteiger partial charge in [0, 0.05) is 25.3 Å². The summed E-state index contributed by atoms with van der Waals surface area (Å²) >= 11 is 0. The second-order valence-corrected chi connectivity index (χ2v) is 6.88. The monoisotopic (exact) mass is 273 g/mol. The van der Waals surface area contributed by atoms with Gasteiger partial charge in [0.15, 0.2) is 5.65 Å². The van der Waals surface area contributed by atoms with Crippen LogP contribution in [0.4, 0.5) is 0 Å². The van der Waals surface area contributed by atoms with Crippen molar-refractivity contribution in [2.24, 2.45) is 5.41 Å². The lowest BCUT2D eigenvalue weighted by Crippen LogP contribution is -2.23. The quantitative estimate of drug-likeness (QED) is 0.842. The van der Waals surface area contributed by atoms with E-state index in [1.54, 1.807) is 0 Å². The number of fused-ring (bicyclic) bond motifs is 1. The number of ether oxygens (including phenoxy) is 1. The Bertz CT molecular complexity index is 591. The third-order valence-corrected chi connectivity index (χ3v) is 3.69. The summed E-state index contributed by atoms with van der Waals surface area (Å²) in [6, 6.07) is 4.01. The first-order valence-electron chi connectivity index (χ1n) is 7.43. The molecule has 20 heavy (non-hydrogen) atoms. The number of hydrogen-bond acceptors (Lipinski definition) is 3. The maximum atomic E-state index is 5.64. The van der Waals surface area contributed by atoms with Crippen molar-refractivity contribution in [3.05, 3.63) is 24.2 Å². The molecule has 4 nitrogen and oxygen atoms in total. The largest absolute Gasteiger partial charge is 0.381 e. The highest BCUT2D eigenvalue weighted by molar-refractivity contribution is 5.71. The van der Waals surface area contributed by atoms with Gasteiger partial charge in [-0.1, -0.05) is 20.8 Å². The van der Waals surface area contributed by atoms with Crippen molar-refractivity contribution in [3.8, 4) is 0 Å². The smallest absolute Gasteiger partial charge is 0.160 e. The molecule has 1 saturated heterocycles. The van der Waals surface area contributed by atoms with Gasteiger partial charge < -0.3 is 9.30 Å². The van der Waals surface area contributed by atoms with Crippen molar-refractivity contribution >= 4 is 11.2 Å². The van der Waals surface area contributed by atoms with E-state index in [0.29, 0.717) is 5.92 Å². The van der Waals surface area contributed by atoms with Gasteiger partial charge in [0.25, 0.3) is 0 Å². The minimum atomic E-state index is 0.204. The average molecular weight is 273 g/mol. The van der Waals surface area contributed by atoms with Crippen LogP contribution in [0, 0.1) is 5.41 Å². The van der Waals surface area contributed by atoms with Crippen LogP contribution in [-0.4, -0.2) is 27.7 Å². The Kier molecular flexibility index (Phi) is 3.50. The topological polar surface area (TPSA) is 39.9 Å². The maximum Gasteiger partial charge on any atom is 0.160 e. The summed E-state index contributed by atoms with van der Waals surface area (Å²) in [5, 5.41) is 0. The molecule has 3 rings (SSSR count). The van der Waals surface area contributed by atoms with E-state index < -0.39 is 0 Å². The normalized spacial score (nSPS) is 20.4. The molecule has 1 fully saturated rings. The Morgan fingerprint density at radius 3 is 2.95 bits per heavy atom. The van der Waals surface area contributed by atoms with Gasteiger partial charge in [0.05, 0.1) is 6.61 Å². The van der Waals surface area contributed by atoms with Gasteiger partial charge in [-0.2, -0.15) is 0 Å². The van der Waals surface area contributed by atoms with Crippen molar-refractivity contribution in [1.82, 2.24) is 14.5 Å². The number of aromatic nitrogens is 3. The second-order valence-electron chi connectivity index (χ2n) is 6.88. The van der Waals surface area contributed by atoms with Crippen LogP contribution in [0.25, 0.3) is 11.2 Å². The highest BCUT2D eigenvalue weighted by atomic mass is 16.5. The van der Waals surface area contributed by atoms with Crippen molar-refractivity contribution in [1.29, 1.82) is 0 Å². The lowest BCUT2D eigenvalue weighted by Gasteiger charge is -2.26. The van der Waals surface area contributed by atoms with Crippen LogP contribution in [0.3, 0.4) is 0 Å². The van der Waals surface area contributed by atoms with Gasteiger partial charge >= 0.3 is 0 Å². The number of hydrogen-bond donors (Lipinski definition) is 0. The molecule has 0 amide bonds. The molecule has 108 valence electrons. The fraction of sp³-hybridized carbons (Fsp3) is 0.625. The predicted molar refractivity (Wildman–Crippen MR) is 79.8 cm³/mol. The van der Waals surface area contributed by atoms with E-state index in [2.05, 4.69) is 36.4 Å². The molecule has 2 aromatic rings. The number of imidazole rings is 1. The molecule has 0 spiro atoms. The second kappa shape index (κ2) is 5.17. The summed E-state index contributed by atoms with van der Waals surface area (Å²) in [5.41, 5.74) is 2.20. The summed E-state index contributed by atoms with van der Waals surface area (Å²) in [6.45, 7) is 9.36. The Hall–Kier alpha value is -1.42. The van der Waals surface area contributed by atoms with E-state index >= 15 is 0 Å². The van der Waals surface area contributed by atoms with Gasteiger partial charge in [-0.05, 0) is 30.4 Å². The van der Waals surface area contributed by atoms with E-state index in [0.717, 1.165) is 49.6 Å². The predicted octanol–water partition coefficient (Wildman–Crippen LogP) is 3.37. The molecule has 0 aromatic carbocycles. The summed E-state index contributed by atoms with van der Waals surface area (Å²) < 4.78 is 7.94. The van der Waals surface area contributed by atoms with Crippen LogP contribution in [0.2, 0.25) is 0 Å².